The Bertz CT molecular complexity index is 572. The van der Waals surface area contributed by atoms with Gasteiger partial charge < -0.3 is 5.11 Å². The Balaban J connectivity index is 2.16. The monoisotopic (exact) mass is 311 g/mol. The van der Waals surface area contributed by atoms with Crippen molar-refractivity contribution in [2.24, 2.45) is 0 Å². The van der Waals surface area contributed by atoms with E-state index in [0.29, 0.717) is 18.8 Å². The molecule has 118 valence electrons. The van der Waals surface area contributed by atoms with E-state index in [-0.39, 0.29) is 11.4 Å². The molecule has 0 aliphatic heterocycles. The van der Waals surface area contributed by atoms with Crippen molar-refractivity contribution < 1.29 is 13.5 Å². The summed E-state index contributed by atoms with van der Waals surface area (Å²) in [5.41, 5.74) is 0.255. The normalized spacial score (nSPS) is 18.6. The van der Waals surface area contributed by atoms with Gasteiger partial charge in [0.15, 0.2) is 0 Å². The predicted octanol–water partition coefficient (Wildman–Crippen LogP) is 2.74. The lowest BCUT2D eigenvalue weighted by Crippen LogP contribution is -2.41. The molecular weight excluding hydrogens is 286 g/mol. The summed E-state index contributed by atoms with van der Waals surface area (Å²) >= 11 is 0. The van der Waals surface area contributed by atoms with E-state index in [0.717, 1.165) is 18.4 Å². The van der Waals surface area contributed by atoms with Crippen LogP contribution in [-0.2, 0) is 10.0 Å². The number of likely N-dealkylation sites (N-methyl/N-ethyl adjacent to an activating group) is 1. The highest BCUT2D eigenvalue weighted by Gasteiger charge is 2.35. The summed E-state index contributed by atoms with van der Waals surface area (Å²) < 4.78 is 26.4. The second kappa shape index (κ2) is 6.07. The quantitative estimate of drug-likeness (QED) is 0.909. The van der Waals surface area contributed by atoms with Crippen molar-refractivity contribution in [3.05, 3.63) is 29.8 Å². The van der Waals surface area contributed by atoms with Crippen LogP contribution in [0.5, 0.6) is 0 Å². The van der Waals surface area contributed by atoms with E-state index in [4.69, 9.17) is 0 Å². The van der Waals surface area contributed by atoms with Crippen LogP contribution in [0.1, 0.15) is 51.0 Å². The zero-order valence-corrected chi connectivity index (χ0v) is 13.9. The molecule has 0 amide bonds. The summed E-state index contributed by atoms with van der Waals surface area (Å²) in [6.45, 7) is 4.32. The van der Waals surface area contributed by atoms with Crippen molar-refractivity contribution in [2.75, 3.05) is 13.6 Å². The van der Waals surface area contributed by atoms with Gasteiger partial charge in [-0.25, -0.2) is 8.42 Å². The summed E-state index contributed by atoms with van der Waals surface area (Å²) in [7, 11) is -1.99. The zero-order valence-electron chi connectivity index (χ0n) is 13.0. The van der Waals surface area contributed by atoms with Crippen LogP contribution in [0.15, 0.2) is 29.2 Å². The van der Waals surface area contributed by atoms with Crippen LogP contribution in [0.3, 0.4) is 0 Å². The fourth-order valence-electron chi connectivity index (χ4n) is 2.90. The Morgan fingerprint density at radius 1 is 1.19 bits per heavy atom. The number of aliphatic hydroxyl groups is 1. The van der Waals surface area contributed by atoms with Gasteiger partial charge in [-0.3, -0.25) is 0 Å². The second-order valence-electron chi connectivity index (χ2n) is 6.42. The van der Waals surface area contributed by atoms with E-state index in [1.54, 1.807) is 19.2 Å². The predicted molar refractivity (Wildman–Crippen MR) is 83.8 cm³/mol. The highest BCUT2D eigenvalue weighted by molar-refractivity contribution is 7.89. The number of sulfonamides is 1. The lowest BCUT2D eigenvalue weighted by atomic mass is 10.0. The standard InChI is InChI=1S/C16H25NO3S/c1-13(2)14-6-8-15(9-7-14)21(19,20)17(3)12-16(18)10-4-5-11-16/h6-9,13,18H,4-5,10-12H2,1-3H3. The van der Waals surface area contributed by atoms with Crippen molar-refractivity contribution in [2.45, 2.75) is 55.9 Å². The van der Waals surface area contributed by atoms with Gasteiger partial charge in [-0.05, 0) is 36.5 Å². The zero-order chi connectivity index (χ0) is 15.7. The van der Waals surface area contributed by atoms with E-state index in [9.17, 15) is 13.5 Å². The van der Waals surface area contributed by atoms with E-state index in [2.05, 4.69) is 13.8 Å². The first-order chi connectivity index (χ1) is 9.74. The molecule has 0 heterocycles. The van der Waals surface area contributed by atoms with Crippen LogP contribution in [-0.4, -0.2) is 37.0 Å². The maximum atomic E-state index is 12.6. The summed E-state index contributed by atoms with van der Waals surface area (Å²) in [6.07, 6.45) is 3.29. The van der Waals surface area contributed by atoms with Crippen molar-refractivity contribution in [1.29, 1.82) is 0 Å². The highest BCUT2D eigenvalue weighted by atomic mass is 32.2. The Kier molecular flexibility index (Phi) is 4.76. The molecule has 1 saturated carbocycles. The van der Waals surface area contributed by atoms with Crippen LogP contribution in [0.25, 0.3) is 0 Å². The van der Waals surface area contributed by atoms with Gasteiger partial charge in [0.1, 0.15) is 0 Å². The summed E-state index contributed by atoms with van der Waals surface area (Å²) in [4.78, 5) is 0.288. The molecule has 2 rings (SSSR count). The highest BCUT2D eigenvalue weighted by Crippen LogP contribution is 2.31. The van der Waals surface area contributed by atoms with E-state index in [1.165, 1.54) is 4.31 Å². The smallest absolute Gasteiger partial charge is 0.242 e. The third kappa shape index (κ3) is 3.65. The minimum atomic E-state index is -3.53. The minimum Gasteiger partial charge on any atom is -0.389 e. The first-order valence-electron chi connectivity index (χ1n) is 7.53. The van der Waals surface area contributed by atoms with Gasteiger partial charge in [0.05, 0.1) is 10.5 Å². The number of hydrogen-bond acceptors (Lipinski definition) is 3. The molecule has 1 N–H and O–H groups in total. The molecule has 1 aliphatic carbocycles. The van der Waals surface area contributed by atoms with Crippen molar-refractivity contribution in [3.63, 3.8) is 0 Å². The van der Waals surface area contributed by atoms with Gasteiger partial charge in [0.25, 0.3) is 0 Å². The average Bonchev–Trinajstić information content (AvgIpc) is 2.85. The lowest BCUT2D eigenvalue weighted by molar-refractivity contribution is 0.0333. The summed E-state index contributed by atoms with van der Waals surface area (Å²) in [6, 6.07) is 7.02. The van der Waals surface area contributed by atoms with Crippen LogP contribution < -0.4 is 0 Å². The van der Waals surface area contributed by atoms with Crippen LogP contribution in [0.2, 0.25) is 0 Å². The molecule has 4 nitrogen and oxygen atoms in total. The molecule has 21 heavy (non-hydrogen) atoms. The summed E-state index contributed by atoms with van der Waals surface area (Å²) in [5, 5.41) is 10.4. The van der Waals surface area contributed by atoms with Crippen LogP contribution in [0, 0.1) is 0 Å². The summed E-state index contributed by atoms with van der Waals surface area (Å²) in [5.74, 6) is 0.374. The maximum absolute atomic E-state index is 12.6. The topological polar surface area (TPSA) is 57.6 Å². The number of rotatable bonds is 5. The molecule has 5 heteroatoms. The molecule has 0 bridgehead atoms. The molecular formula is C16H25NO3S. The third-order valence-corrected chi connectivity index (χ3v) is 6.12. The molecule has 1 aliphatic rings. The largest absolute Gasteiger partial charge is 0.389 e. The van der Waals surface area contributed by atoms with Crippen LogP contribution >= 0.6 is 0 Å². The first kappa shape index (κ1) is 16.5. The van der Waals surface area contributed by atoms with E-state index < -0.39 is 15.6 Å². The first-order valence-corrected chi connectivity index (χ1v) is 8.97. The second-order valence-corrected chi connectivity index (χ2v) is 8.46. The molecule has 1 fully saturated rings. The Labute approximate surface area is 127 Å². The van der Waals surface area contributed by atoms with Crippen molar-refractivity contribution in [1.82, 2.24) is 4.31 Å². The molecule has 0 aromatic heterocycles. The van der Waals surface area contributed by atoms with Crippen molar-refractivity contribution >= 4 is 10.0 Å². The van der Waals surface area contributed by atoms with Gasteiger partial charge in [-0.15, -0.1) is 0 Å². The fraction of sp³-hybridized carbons (Fsp3) is 0.625. The van der Waals surface area contributed by atoms with Gasteiger partial charge in [-0.2, -0.15) is 4.31 Å². The molecule has 0 unspecified atom stereocenters. The van der Waals surface area contributed by atoms with Gasteiger partial charge in [0.2, 0.25) is 10.0 Å². The van der Waals surface area contributed by atoms with Crippen LogP contribution in [0.4, 0.5) is 0 Å². The van der Waals surface area contributed by atoms with Gasteiger partial charge in [0, 0.05) is 13.6 Å². The van der Waals surface area contributed by atoms with Crippen molar-refractivity contribution in [3.8, 4) is 0 Å². The molecule has 0 radical (unpaired) electrons. The van der Waals surface area contributed by atoms with E-state index in [1.807, 2.05) is 12.1 Å². The van der Waals surface area contributed by atoms with E-state index >= 15 is 0 Å². The maximum Gasteiger partial charge on any atom is 0.242 e. The lowest BCUT2D eigenvalue weighted by Gasteiger charge is -2.28. The third-order valence-electron chi connectivity index (χ3n) is 4.31. The molecule has 1 aromatic rings. The number of nitrogens with zero attached hydrogens (tertiary/aromatic N) is 1. The SMILES string of the molecule is CC(C)c1ccc(S(=O)(=O)N(C)CC2(O)CCCC2)cc1. The fourth-order valence-corrected chi connectivity index (χ4v) is 4.15. The molecule has 0 spiro atoms. The molecule has 0 atom stereocenters. The molecule has 1 aromatic carbocycles. The number of hydrogen-bond donors (Lipinski definition) is 1. The Morgan fingerprint density at radius 3 is 2.19 bits per heavy atom. The Hall–Kier alpha value is -0.910. The average molecular weight is 311 g/mol. The molecule has 0 saturated heterocycles. The minimum absolute atomic E-state index is 0.168. The number of benzene rings is 1. The van der Waals surface area contributed by atoms with Gasteiger partial charge in [-0.1, -0.05) is 38.8 Å². The Morgan fingerprint density at radius 2 is 1.71 bits per heavy atom. The van der Waals surface area contributed by atoms with Gasteiger partial charge >= 0.3 is 0 Å².